The van der Waals surface area contributed by atoms with E-state index in [2.05, 4.69) is 20.8 Å². The Morgan fingerprint density at radius 2 is 1.81 bits per heavy atom. The van der Waals surface area contributed by atoms with Crippen molar-refractivity contribution in [3.8, 4) is 0 Å². The van der Waals surface area contributed by atoms with Crippen molar-refractivity contribution in [1.82, 2.24) is 0 Å². The van der Waals surface area contributed by atoms with Crippen LogP contribution in [0.5, 0.6) is 0 Å². The summed E-state index contributed by atoms with van der Waals surface area (Å²) >= 11 is 0. The van der Waals surface area contributed by atoms with Crippen molar-refractivity contribution < 1.29 is 9.90 Å². The highest BCUT2D eigenvalue weighted by Gasteiger charge is 2.15. The van der Waals surface area contributed by atoms with E-state index < -0.39 is 12.0 Å². The summed E-state index contributed by atoms with van der Waals surface area (Å²) in [4.78, 5) is 10.6. The molecule has 0 fully saturated rings. The third kappa shape index (κ3) is 3.35. The van der Waals surface area contributed by atoms with Crippen molar-refractivity contribution >= 4 is 5.97 Å². The molecule has 0 heterocycles. The zero-order valence-electron chi connectivity index (χ0n) is 10.0. The van der Waals surface area contributed by atoms with E-state index in [1.54, 1.807) is 0 Å². The molecule has 88 valence electrons. The minimum Gasteiger partial charge on any atom is -0.480 e. The second kappa shape index (κ2) is 4.66. The number of carbonyl (C=O) groups is 1. The van der Waals surface area contributed by atoms with Crippen LogP contribution in [0, 0.1) is 0 Å². The van der Waals surface area contributed by atoms with Gasteiger partial charge in [-0.1, -0.05) is 45.0 Å². The van der Waals surface area contributed by atoms with Crippen LogP contribution in [-0.4, -0.2) is 17.1 Å². The van der Waals surface area contributed by atoms with Crippen LogP contribution >= 0.6 is 0 Å². The first kappa shape index (κ1) is 12.7. The molecule has 3 N–H and O–H groups in total. The number of rotatable bonds is 3. The minimum absolute atomic E-state index is 0.118. The Labute approximate surface area is 96.3 Å². The van der Waals surface area contributed by atoms with Crippen LogP contribution in [0.1, 0.15) is 31.9 Å². The van der Waals surface area contributed by atoms with E-state index in [9.17, 15) is 4.79 Å². The molecule has 0 radical (unpaired) electrons. The summed E-state index contributed by atoms with van der Waals surface area (Å²) in [6, 6.07) is 7.14. The summed E-state index contributed by atoms with van der Waals surface area (Å²) in [6.07, 6.45) is 0.375. The molecule has 0 aliphatic rings. The van der Waals surface area contributed by atoms with E-state index >= 15 is 0 Å². The molecule has 0 spiro atoms. The van der Waals surface area contributed by atoms with E-state index in [1.807, 2.05) is 24.3 Å². The molecule has 3 nitrogen and oxygen atoms in total. The smallest absolute Gasteiger partial charge is 0.320 e. The Morgan fingerprint density at radius 3 is 2.19 bits per heavy atom. The average Bonchev–Trinajstić information content (AvgIpc) is 2.17. The second-order valence-corrected chi connectivity index (χ2v) is 5.10. The standard InChI is InChI=1S/C13H19NO2/c1-13(2,3)10-6-4-9(5-7-10)8-11(14)12(15)16/h4-7,11H,8,14H2,1-3H3,(H,15,16)/t11-/m0/s1. The molecular weight excluding hydrogens is 202 g/mol. The molecule has 1 aromatic rings. The SMILES string of the molecule is CC(C)(C)c1ccc(C[C@H](N)C(=O)O)cc1. The maximum absolute atomic E-state index is 10.6. The van der Waals surface area contributed by atoms with Crippen LogP contribution in [0.15, 0.2) is 24.3 Å². The van der Waals surface area contributed by atoms with Gasteiger partial charge in [0, 0.05) is 0 Å². The summed E-state index contributed by atoms with van der Waals surface area (Å²) in [5, 5.41) is 8.70. The Kier molecular flexibility index (Phi) is 3.70. The fourth-order valence-electron chi connectivity index (χ4n) is 1.48. The van der Waals surface area contributed by atoms with Crippen LogP contribution in [0.4, 0.5) is 0 Å². The number of carboxylic acids is 1. The maximum Gasteiger partial charge on any atom is 0.320 e. The molecule has 1 atom stereocenters. The largest absolute Gasteiger partial charge is 0.480 e. The van der Waals surface area contributed by atoms with Crippen LogP contribution in [0.2, 0.25) is 0 Å². The lowest BCUT2D eigenvalue weighted by Gasteiger charge is -2.19. The van der Waals surface area contributed by atoms with Gasteiger partial charge in [0.25, 0.3) is 0 Å². The van der Waals surface area contributed by atoms with Gasteiger partial charge in [0.05, 0.1) is 0 Å². The van der Waals surface area contributed by atoms with Crippen LogP contribution in [-0.2, 0) is 16.6 Å². The number of aliphatic carboxylic acids is 1. The Hall–Kier alpha value is -1.35. The summed E-state index contributed by atoms with van der Waals surface area (Å²) in [5.41, 5.74) is 7.79. The fourth-order valence-corrected chi connectivity index (χ4v) is 1.48. The van der Waals surface area contributed by atoms with Crippen molar-refractivity contribution in [2.24, 2.45) is 5.73 Å². The van der Waals surface area contributed by atoms with Gasteiger partial charge < -0.3 is 10.8 Å². The summed E-state index contributed by atoms with van der Waals surface area (Å²) in [7, 11) is 0. The number of hydrogen-bond donors (Lipinski definition) is 2. The van der Waals surface area contributed by atoms with Gasteiger partial charge in [-0.3, -0.25) is 4.79 Å². The van der Waals surface area contributed by atoms with Crippen molar-refractivity contribution in [3.05, 3.63) is 35.4 Å². The molecule has 16 heavy (non-hydrogen) atoms. The molecule has 0 aliphatic carbocycles. The summed E-state index contributed by atoms with van der Waals surface area (Å²) in [6.45, 7) is 6.43. The quantitative estimate of drug-likeness (QED) is 0.819. The third-order valence-electron chi connectivity index (χ3n) is 2.59. The highest BCUT2D eigenvalue weighted by molar-refractivity contribution is 5.73. The van der Waals surface area contributed by atoms with E-state index in [1.165, 1.54) is 5.56 Å². The molecule has 3 heteroatoms. The van der Waals surface area contributed by atoms with Gasteiger partial charge in [-0.05, 0) is 23.0 Å². The van der Waals surface area contributed by atoms with Crippen molar-refractivity contribution in [3.63, 3.8) is 0 Å². The number of nitrogens with two attached hydrogens (primary N) is 1. The minimum atomic E-state index is -0.958. The maximum atomic E-state index is 10.6. The molecule has 1 rings (SSSR count). The third-order valence-corrected chi connectivity index (χ3v) is 2.59. The lowest BCUT2D eigenvalue weighted by Crippen LogP contribution is -2.32. The highest BCUT2D eigenvalue weighted by atomic mass is 16.4. The monoisotopic (exact) mass is 221 g/mol. The molecule has 0 saturated heterocycles. The van der Waals surface area contributed by atoms with Crippen molar-refractivity contribution in [2.75, 3.05) is 0 Å². The topological polar surface area (TPSA) is 63.3 Å². The molecule has 0 unspecified atom stereocenters. The summed E-state index contributed by atoms with van der Waals surface area (Å²) in [5.74, 6) is -0.958. The zero-order chi connectivity index (χ0) is 12.3. The van der Waals surface area contributed by atoms with E-state index in [4.69, 9.17) is 10.8 Å². The van der Waals surface area contributed by atoms with Crippen LogP contribution in [0.3, 0.4) is 0 Å². The predicted molar refractivity (Wildman–Crippen MR) is 64.5 cm³/mol. The first-order valence-corrected chi connectivity index (χ1v) is 5.38. The normalized spacial score (nSPS) is 13.5. The van der Waals surface area contributed by atoms with Crippen molar-refractivity contribution in [1.29, 1.82) is 0 Å². The van der Waals surface area contributed by atoms with E-state index in [0.29, 0.717) is 6.42 Å². The van der Waals surface area contributed by atoms with Gasteiger partial charge in [-0.25, -0.2) is 0 Å². The average molecular weight is 221 g/mol. The van der Waals surface area contributed by atoms with Crippen molar-refractivity contribution in [2.45, 2.75) is 38.6 Å². The molecule has 0 saturated carbocycles. The molecular formula is C13H19NO2. The lowest BCUT2D eigenvalue weighted by molar-refractivity contribution is -0.138. The molecule has 0 bridgehead atoms. The molecule has 0 aromatic heterocycles. The lowest BCUT2D eigenvalue weighted by atomic mass is 9.86. The van der Waals surface area contributed by atoms with Gasteiger partial charge >= 0.3 is 5.97 Å². The summed E-state index contributed by atoms with van der Waals surface area (Å²) < 4.78 is 0. The first-order chi connectivity index (χ1) is 7.30. The Bertz CT molecular complexity index is 363. The van der Waals surface area contributed by atoms with Gasteiger partial charge in [0.2, 0.25) is 0 Å². The first-order valence-electron chi connectivity index (χ1n) is 5.38. The highest BCUT2D eigenvalue weighted by Crippen LogP contribution is 2.22. The zero-order valence-corrected chi connectivity index (χ0v) is 10.0. The van der Waals surface area contributed by atoms with Gasteiger partial charge in [-0.15, -0.1) is 0 Å². The van der Waals surface area contributed by atoms with E-state index in [0.717, 1.165) is 5.56 Å². The van der Waals surface area contributed by atoms with E-state index in [-0.39, 0.29) is 5.41 Å². The fraction of sp³-hybridized carbons (Fsp3) is 0.462. The second-order valence-electron chi connectivity index (χ2n) is 5.10. The van der Waals surface area contributed by atoms with Crippen LogP contribution in [0.25, 0.3) is 0 Å². The number of hydrogen-bond acceptors (Lipinski definition) is 2. The predicted octanol–water partition coefficient (Wildman–Crippen LogP) is 1.94. The van der Waals surface area contributed by atoms with Gasteiger partial charge in [0.1, 0.15) is 6.04 Å². The molecule has 0 aliphatic heterocycles. The number of carboxylic acid groups (broad SMARTS) is 1. The molecule has 0 amide bonds. The Balaban J connectivity index is 2.76. The van der Waals surface area contributed by atoms with Gasteiger partial charge in [-0.2, -0.15) is 0 Å². The molecule has 1 aromatic carbocycles. The van der Waals surface area contributed by atoms with Gasteiger partial charge in [0.15, 0.2) is 0 Å². The van der Waals surface area contributed by atoms with Crippen LogP contribution < -0.4 is 5.73 Å². The Morgan fingerprint density at radius 1 is 1.31 bits per heavy atom. The number of benzene rings is 1.